The van der Waals surface area contributed by atoms with E-state index < -0.39 is 0 Å². The molecule has 0 radical (unpaired) electrons. The van der Waals surface area contributed by atoms with Gasteiger partial charge in [0.2, 0.25) is 0 Å². The average Bonchev–Trinajstić information content (AvgIpc) is 3.19. The predicted molar refractivity (Wildman–Crippen MR) is 90.5 cm³/mol. The van der Waals surface area contributed by atoms with Gasteiger partial charge in [0.1, 0.15) is 17.2 Å². The summed E-state index contributed by atoms with van der Waals surface area (Å²) < 4.78 is 11.2. The van der Waals surface area contributed by atoms with E-state index in [1.807, 2.05) is 13.0 Å². The van der Waals surface area contributed by atoms with Crippen LogP contribution in [0.5, 0.6) is 5.75 Å². The fourth-order valence-electron chi connectivity index (χ4n) is 3.35. The van der Waals surface area contributed by atoms with Crippen LogP contribution in [0.25, 0.3) is 0 Å². The van der Waals surface area contributed by atoms with Gasteiger partial charge < -0.3 is 9.26 Å². The van der Waals surface area contributed by atoms with Gasteiger partial charge in [-0.3, -0.25) is 4.90 Å². The first-order valence-electron chi connectivity index (χ1n) is 8.72. The molecule has 0 aliphatic carbocycles. The highest BCUT2D eigenvalue weighted by molar-refractivity contribution is 5.33. The van der Waals surface area contributed by atoms with Crippen LogP contribution in [0, 0.1) is 0 Å². The molecule has 0 amide bonds. The van der Waals surface area contributed by atoms with Gasteiger partial charge in [-0.2, -0.15) is 0 Å². The van der Waals surface area contributed by atoms with E-state index in [1.54, 1.807) is 0 Å². The van der Waals surface area contributed by atoms with Gasteiger partial charge >= 0.3 is 0 Å². The lowest BCUT2D eigenvalue weighted by atomic mass is 10.1. The van der Waals surface area contributed by atoms with Crippen molar-refractivity contribution in [1.82, 2.24) is 10.1 Å². The lowest BCUT2D eigenvalue weighted by molar-refractivity contribution is 0.231. The summed E-state index contributed by atoms with van der Waals surface area (Å²) in [6.45, 7) is 6.89. The first kappa shape index (κ1) is 16.1. The number of hydrogen-bond donors (Lipinski definition) is 0. The zero-order valence-electron chi connectivity index (χ0n) is 14.1. The number of ether oxygens (including phenoxy) is 1. The Morgan fingerprint density at radius 3 is 3.00 bits per heavy atom. The molecule has 1 fully saturated rings. The van der Waals surface area contributed by atoms with Crippen LogP contribution in [0.15, 0.2) is 34.9 Å². The molecule has 0 unspecified atom stereocenters. The van der Waals surface area contributed by atoms with Gasteiger partial charge in [-0.25, -0.2) is 0 Å². The van der Waals surface area contributed by atoms with Gasteiger partial charge in [-0.05, 0) is 38.8 Å². The maximum absolute atomic E-state index is 5.76. The summed E-state index contributed by atoms with van der Waals surface area (Å²) in [6, 6.07) is 10.8. The molecule has 124 valence electrons. The third kappa shape index (κ3) is 3.75. The summed E-state index contributed by atoms with van der Waals surface area (Å²) in [7, 11) is 0. The summed E-state index contributed by atoms with van der Waals surface area (Å²) in [6.07, 6.45) is 4.41. The summed E-state index contributed by atoms with van der Waals surface area (Å²) in [5, 5.41) is 4.32. The largest absolute Gasteiger partial charge is 0.494 e. The van der Waals surface area contributed by atoms with Crippen molar-refractivity contribution in [2.24, 2.45) is 0 Å². The van der Waals surface area contributed by atoms with E-state index in [2.05, 4.69) is 41.2 Å². The maximum atomic E-state index is 5.76. The minimum atomic E-state index is 0.360. The smallest absolute Gasteiger partial charge is 0.137 e. The van der Waals surface area contributed by atoms with Crippen molar-refractivity contribution >= 4 is 0 Å². The van der Waals surface area contributed by atoms with Crippen LogP contribution >= 0.6 is 0 Å². The van der Waals surface area contributed by atoms with Crippen molar-refractivity contribution in [3.8, 4) is 5.75 Å². The molecule has 1 saturated heterocycles. The van der Waals surface area contributed by atoms with Gasteiger partial charge in [0.05, 0.1) is 12.6 Å². The van der Waals surface area contributed by atoms with E-state index in [4.69, 9.17) is 9.26 Å². The highest BCUT2D eigenvalue weighted by Crippen LogP contribution is 2.34. The van der Waals surface area contributed by atoms with E-state index in [0.717, 1.165) is 49.6 Å². The van der Waals surface area contributed by atoms with Crippen molar-refractivity contribution in [2.45, 2.75) is 52.1 Å². The molecule has 2 aromatic rings. The number of para-hydroxylation sites is 1. The van der Waals surface area contributed by atoms with Crippen LogP contribution in [-0.4, -0.2) is 23.2 Å². The van der Waals surface area contributed by atoms with Gasteiger partial charge in [0.25, 0.3) is 0 Å². The molecular weight excluding hydrogens is 288 g/mol. The van der Waals surface area contributed by atoms with Crippen LogP contribution in [-0.2, 0) is 13.0 Å². The number of aryl methyl sites for hydroxylation is 1. The van der Waals surface area contributed by atoms with Gasteiger partial charge in [-0.15, -0.1) is 0 Å². The first-order valence-corrected chi connectivity index (χ1v) is 8.72. The monoisotopic (exact) mass is 314 g/mol. The lowest BCUT2D eigenvalue weighted by Gasteiger charge is -2.23. The second-order valence-corrected chi connectivity index (χ2v) is 6.14. The normalized spacial score (nSPS) is 18.4. The Hall–Kier alpha value is -1.81. The molecule has 1 aliphatic heterocycles. The predicted octanol–water partition coefficient (Wildman–Crippen LogP) is 4.36. The standard InChI is InChI=1S/C19H26N2O2/c1-3-8-16-13-17(20-23-16)18-10-7-12-21(18)14-15-9-5-6-11-19(15)22-4-2/h5-6,9,11,13,18H,3-4,7-8,10,12,14H2,1-2H3/t18-/m0/s1. The third-order valence-electron chi connectivity index (χ3n) is 4.42. The highest BCUT2D eigenvalue weighted by Gasteiger charge is 2.29. The Morgan fingerprint density at radius 2 is 2.17 bits per heavy atom. The topological polar surface area (TPSA) is 38.5 Å². The van der Waals surface area contributed by atoms with Crippen molar-refractivity contribution in [3.05, 3.63) is 47.3 Å². The van der Waals surface area contributed by atoms with E-state index in [1.165, 1.54) is 12.0 Å². The summed E-state index contributed by atoms with van der Waals surface area (Å²) >= 11 is 0. The van der Waals surface area contributed by atoms with Crippen molar-refractivity contribution < 1.29 is 9.26 Å². The van der Waals surface area contributed by atoms with Crippen molar-refractivity contribution in [3.63, 3.8) is 0 Å². The van der Waals surface area contributed by atoms with Crippen LogP contribution in [0.3, 0.4) is 0 Å². The summed E-state index contributed by atoms with van der Waals surface area (Å²) in [5.41, 5.74) is 2.33. The molecule has 1 aromatic carbocycles. The van der Waals surface area contributed by atoms with Crippen LogP contribution in [0.4, 0.5) is 0 Å². The van der Waals surface area contributed by atoms with Gasteiger partial charge in [0.15, 0.2) is 0 Å². The van der Waals surface area contributed by atoms with E-state index in [0.29, 0.717) is 12.6 Å². The molecule has 0 saturated carbocycles. The summed E-state index contributed by atoms with van der Waals surface area (Å²) in [5.74, 6) is 2.00. The Morgan fingerprint density at radius 1 is 1.30 bits per heavy atom. The molecule has 1 atom stereocenters. The Labute approximate surface area is 138 Å². The molecule has 4 nitrogen and oxygen atoms in total. The minimum absolute atomic E-state index is 0.360. The number of rotatable bonds is 7. The van der Waals surface area contributed by atoms with Crippen LogP contribution in [0.2, 0.25) is 0 Å². The number of nitrogens with zero attached hydrogens (tertiary/aromatic N) is 2. The van der Waals surface area contributed by atoms with E-state index in [9.17, 15) is 0 Å². The molecule has 2 heterocycles. The third-order valence-corrected chi connectivity index (χ3v) is 4.42. The van der Waals surface area contributed by atoms with Crippen molar-refractivity contribution in [1.29, 1.82) is 0 Å². The molecule has 0 bridgehead atoms. The maximum Gasteiger partial charge on any atom is 0.137 e. The Kier molecular flexibility index (Phi) is 5.34. The van der Waals surface area contributed by atoms with Crippen LogP contribution < -0.4 is 4.74 Å². The molecule has 23 heavy (non-hydrogen) atoms. The first-order chi connectivity index (χ1) is 11.3. The highest BCUT2D eigenvalue weighted by atomic mass is 16.5. The number of benzene rings is 1. The molecule has 4 heteroatoms. The van der Waals surface area contributed by atoms with E-state index in [-0.39, 0.29) is 0 Å². The number of aromatic nitrogens is 1. The Balaban J connectivity index is 1.74. The Bertz CT molecular complexity index is 623. The number of likely N-dealkylation sites (tertiary alicyclic amines) is 1. The SMILES string of the molecule is CCCc1cc([C@@H]2CCCN2Cc2ccccc2OCC)no1. The molecule has 0 N–H and O–H groups in total. The molecular formula is C19H26N2O2. The zero-order valence-corrected chi connectivity index (χ0v) is 14.1. The molecule has 3 rings (SSSR count). The summed E-state index contributed by atoms with van der Waals surface area (Å²) in [4.78, 5) is 2.49. The lowest BCUT2D eigenvalue weighted by Crippen LogP contribution is -2.23. The number of hydrogen-bond acceptors (Lipinski definition) is 4. The average molecular weight is 314 g/mol. The quantitative estimate of drug-likeness (QED) is 0.761. The second kappa shape index (κ2) is 7.64. The molecule has 0 spiro atoms. The van der Waals surface area contributed by atoms with Crippen molar-refractivity contribution in [2.75, 3.05) is 13.2 Å². The fraction of sp³-hybridized carbons (Fsp3) is 0.526. The van der Waals surface area contributed by atoms with Crippen LogP contribution in [0.1, 0.15) is 56.2 Å². The molecule has 1 aliphatic rings. The zero-order chi connectivity index (χ0) is 16.1. The minimum Gasteiger partial charge on any atom is -0.494 e. The second-order valence-electron chi connectivity index (χ2n) is 6.14. The fourth-order valence-corrected chi connectivity index (χ4v) is 3.35. The van der Waals surface area contributed by atoms with E-state index >= 15 is 0 Å². The molecule has 1 aromatic heterocycles. The van der Waals surface area contributed by atoms with Gasteiger partial charge in [0, 0.05) is 24.6 Å². The van der Waals surface area contributed by atoms with Gasteiger partial charge in [-0.1, -0.05) is 30.3 Å².